The van der Waals surface area contributed by atoms with Crippen molar-refractivity contribution in [2.75, 3.05) is 49.2 Å². The summed E-state index contributed by atoms with van der Waals surface area (Å²) < 4.78 is 15.9. The molecule has 6 rings (SSSR count). The van der Waals surface area contributed by atoms with Crippen LogP contribution in [-0.2, 0) is 16.9 Å². The molecule has 3 heterocycles. The van der Waals surface area contributed by atoms with E-state index in [-0.39, 0.29) is 17.6 Å². The Morgan fingerprint density at radius 3 is 2.00 bits per heavy atom. The Morgan fingerprint density at radius 1 is 0.796 bits per heavy atom. The van der Waals surface area contributed by atoms with Crippen molar-refractivity contribution in [3.8, 4) is 11.4 Å². The van der Waals surface area contributed by atoms with Crippen molar-refractivity contribution in [1.82, 2.24) is 29.3 Å². The van der Waals surface area contributed by atoms with Gasteiger partial charge in [-0.15, -0.1) is 0 Å². The molecule has 11 nitrogen and oxygen atoms in total. The first kappa shape index (κ1) is 34.0. The van der Waals surface area contributed by atoms with Gasteiger partial charge in [0.15, 0.2) is 0 Å². The third kappa shape index (κ3) is 7.88. The zero-order chi connectivity index (χ0) is 34.4. The second-order valence-electron chi connectivity index (χ2n) is 13.3. The number of rotatable bonds is 14. The van der Waals surface area contributed by atoms with E-state index in [9.17, 15) is 4.79 Å². The minimum atomic E-state index is -0.577. The van der Waals surface area contributed by atoms with Crippen LogP contribution >= 0.6 is 0 Å². The van der Waals surface area contributed by atoms with Gasteiger partial charge < -0.3 is 19.3 Å². The van der Waals surface area contributed by atoms with Crippen molar-refractivity contribution in [2.24, 2.45) is 5.92 Å². The van der Waals surface area contributed by atoms with Crippen LogP contribution in [0.5, 0.6) is 5.75 Å². The normalized spacial score (nSPS) is 15.9. The molecule has 2 aromatic heterocycles. The number of anilines is 2. The summed E-state index contributed by atoms with van der Waals surface area (Å²) >= 11 is 0. The van der Waals surface area contributed by atoms with E-state index in [1.165, 1.54) is 11.3 Å². The first-order valence-corrected chi connectivity index (χ1v) is 17.3. The standard InChI is InChI=1S/C38H48N8O3/c1-6-31(4)46-37(47)44(28-41-46)34-13-11-32(12-14-34)42-21-23-43(24-22-42)33-15-17-35(18-16-33)48-25-29(2)26-49-38(5,27-45-39-19-20-40-45)36-10-8-7-9-30(36)3/h7-20,28-29,31H,6,21-27H2,1-5H3. The van der Waals surface area contributed by atoms with Gasteiger partial charge in [-0.3, -0.25) is 0 Å². The molecule has 1 fully saturated rings. The number of nitrogens with zero attached hydrogens (tertiary/aromatic N) is 8. The third-order valence-corrected chi connectivity index (χ3v) is 9.52. The summed E-state index contributed by atoms with van der Waals surface area (Å²) in [6.07, 6.45) is 5.85. The number of hydrogen-bond acceptors (Lipinski definition) is 8. The number of benzene rings is 3. The predicted octanol–water partition coefficient (Wildman–Crippen LogP) is 5.88. The van der Waals surface area contributed by atoms with Crippen LogP contribution in [0.25, 0.3) is 5.69 Å². The molecule has 3 atom stereocenters. The zero-order valence-electron chi connectivity index (χ0n) is 29.3. The molecular weight excluding hydrogens is 616 g/mol. The zero-order valence-corrected chi connectivity index (χ0v) is 29.3. The average molecular weight is 665 g/mol. The largest absolute Gasteiger partial charge is 0.493 e. The molecule has 49 heavy (non-hydrogen) atoms. The van der Waals surface area contributed by atoms with Gasteiger partial charge in [0.05, 0.1) is 43.9 Å². The summed E-state index contributed by atoms with van der Waals surface area (Å²) in [7, 11) is 0. The lowest BCUT2D eigenvalue weighted by Crippen LogP contribution is -2.46. The molecule has 0 radical (unpaired) electrons. The summed E-state index contributed by atoms with van der Waals surface area (Å²) in [5.41, 5.74) is 4.81. The third-order valence-electron chi connectivity index (χ3n) is 9.52. The highest BCUT2D eigenvalue weighted by atomic mass is 16.5. The van der Waals surface area contributed by atoms with Crippen LogP contribution in [0.2, 0.25) is 0 Å². The maximum absolute atomic E-state index is 12.8. The number of aromatic nitrogens is 6. The molecule has 5 aromatic rings. The molecule has 0 N–H and O–H groups in total. The van der Waals surface area contributed by atoms with Gasteiger partial charge in [-0.2, -0.15) is 20.1 Å². The fourth-order valence-corrected chi connectivity index (χ4v) is 6.35. The highest BCUT2D eigenvalue weighted by Gasteiger charge is 2.31. The fraction of sp³-hybridized carbons (Fsp3) is 0.421. The van der Waals surface area contributed by atoms with Crippen LogP contribution in [-0.4, -0.2) is 68.7 Å². The van der Waals surface area contributed by atoms with Crippen LogP contribution < -0.4 is 20.2 Å². The van der Waals surface area contributed by atoms with Crippen molar-refractivity contribution in [3.05, 3.63) is 113 Å². The van der Waals surface area contributed by atoms with Gasteiger partial charge >= 0.3 is 5.69 Å². The van der Waals surface area contributed by atoms with Crippen molar-refractivity contribution in [1.29, 1.82) is 0 Å². The maximum Gasteiger partial charge on any atom is 0.350 e. The molecule has 258 valence electrons. The van der Waals surface area contributed by atoms with Gasteiger partial charge in [-0.1, -0.05) is 38.1 Å². The lowest BCUT2D eigenvalue weighted by molar-refractivity contribution is -0.0710. The first-order chi connectivity index (χ1) is 23.7. The van der Waals surface area contributed by atoms with E-state index < -0.39 is 5.60 Å². The summed E-state index contributed by atoms with van der Waals surface area (Å²) in [6.45, 7) is 15.7. The van der Waals surface area contributed by atoms with Crippen molar-refractivity contribution >= 4 is 11.4 Å². The highest BCUT2D eigenvalue weighted by molar-refractivity contribution is 5.54. The Hall–Kier alpha value is -4.90. The van der Waals surface area contributed by atoms with Crippen LogP contribution in [0.3, 0.4) is 0 Å². The number of piperazine rings is 1. The second-order valence-corrected chi connectivity index (χ2v) is 13.3. The van der Waals surface area contributed by atoms with Crippen molar-refractivity contribution in [2.45, 2.75) is 59.2 Å². The van der Waals surface area contributed by atoms with E-state index in [2.05, 4.69) is 101 Å². The monoisotopic (exact) mass is 664 g/mol. The van der Waals surface area contributed by atoms with Gasteiger partial charge in [-0.25, -0.2) is 14.0 Å². The van der Waals surface area contributed by atoms with E-state index in [4.69, 9.17) is 9.47 Å². The summed E-state index contributed by atoms with van der Waals surface area (Å²) in [5, 5.41) is 13.0. The second kappa shape index (κ2) is 15.1. The molecular formula is C38H48N8O3. The van der Waals surface area contributed by atoms with Gasteiger partial charge in [0.2, 0.25) is 0 Å². The molecule has 0 saturated carbocycles. The van der Waals surface area contributed by atoms with Crippen molar-refractivity contribution < 1.29 is 9.47 Å². The Balaban J connectivity index is 0.981. The molecule has 11 heteroatoms. The predicted molar refractivity (Wildman–Crippen MR) is 193 cm³/mol. The van der Waals surface area contributed by atoms with Gasteiger partial charge in [-0.05, 0) is 86.8 Å². The lowest BCUT2D eigenvalue weighted by Gasteiger charge is -2.37. The van der Waals surface area contributed by atoms with Gasteiger partial charge in [0.1, 0.15) is 17.7 Å². The van der Waals surface area contributed by atoms with Gasteiger partial charge in [0, 0.05) is 43.5 Å². The minimum Gasteiger partial charge on any atom is -0.493 e. The quantitative estimate of drug-likeness (QED) is 0.145. The van der Waals surface area contributed by atoms with Crippen LogP contribution in [0.15, 0.2) is 96.3 Å². The van der Waals surface area contributed by atoms with E-state index >= 15 is 0 Å². The van der Waals surface area contributed by atoms with Crippen molar-refractivity contribution in [3.63, 3.8) is 0 Å². The topological polar surface area (TPSA) is 95.5 Å². The number of aryl methyl sites for hydroxylation is 1. The summed E-state index contributed by atoms with van der Waals surface area (Å²) in [4.78, 5) is 19.3. The average Bonchev–Trinajstić information content (AvgIpc) is 3.79. The minimum absolute atomic E-state index is 0.0754. The SMILES string of the molecule is CCC(C)n1ncn(-c2ccc(N3CCN(c4ccc(OCC(C)COC(C)(Cn5nccn5)c5ccccc5C)cc4)CC3)cc2)c1=O. The molecule has 0 amide bonds. The Bertz CT molecular complexity index is 1830. The maximum atomic E-state index is 12.8. The van der Waals surface area contributed by atoms with E-state index in [1.54, 1.807) is 32.8 Å². The molecule has 3 unspecified atom stereocenters. The molecule has 0 spiro atoms. The van der Waals surface area contributed by atoms with E-state index in [1.807, 2.05) is 31.2 Å². The number of hydrogen-bond donors (Lipinski definition) is 0. The Kier molecular flexibility index (Phi) is 10.5. The molecule has 1 saturated heterocycles. The molecule has 1 aliphatic heterocycles. The number of ether oxygens (including phenoxy) is 2. The van der Waals surface area contributed by atoms with Crippen LogP contribution in [0.1, 0.15) is 51.3 Å². The smallest absolute Gasteiger partial charge is 0.350 e. The molecule has 0 bridgehead atoms. The highest BCUT2D eigenvalue weighted by Crippen LogP contribution is 2.31. The van der Waals surface area contributed by atoms with E-state index in [0.29, 0.717) is 19.8 Å². The molecule has 0 aliphatic carbocycles. The summed E-state index contributed by atoms with van der Waals surface area (Å²) in [6, 6.07) is 25.0. The summed E-state index contributed by atoms with van der Waals surface area (Å²) in [5.74, 6) is 1.03. The Morgan fingerprint density at radius 2 is 1.39 bits per heavy atom. The fourth-order valence-electron chi connectivity index (χ4n) is 6.35. The lowest BCUT2D eigenvalue weighted by atomic mass is 9.91. The molecule has 3 aromatic carbocycles. The molecule has 1 aliphatic rings. The van der Waals surface area contributed by atoms with Crippen LogP contribution in [0.4, 0.5) is 11.4 Å². The first-order valence-electron chi connectivity index (χ1n) is 17.3. The van der Waals surface area contributed by atoms with Crippen LogP contribution in [0, 0.1) is 12.8 Å². The van der Waals surface area contributed by atoms with Gasteiger partial charge in [0.25, 0.3) is 0 Å². The van der Waals surface area contributed by atoms with E-state index in [0.717, 1.165) is 55.3 Å². The Labute approximate surface area is 288 Å².